The van der Waals surface area contributed by atoms with Crippen molar-refractivity contribution in [3.8, 4) is 0 Å². The Bertz CT molecular complexity index is 410. The van der Waals surface area contributed by atoms with Gasteiger partial charge in [0.15, 0.2) is 5.69 Å². The van der Waals surface area contributed by atoms with Crippen LogP contribution < -0.4 is 5.32 Å². The second-order valence-electron chi connectivity index (χ2n) is 4.01. The number of nitrogens with zero attached hydrogens (tertiary/aromatic N) is 1. The molecule has 0 aliphatic heterocycles. The smallest absolute Gasteiger partial charge is 0.356 e. The summed E-state index contributed by atoms with van der Waals surface area (Å²) < 4.78 is 0. The van der Waals surface area contributed by atoms with Gasteiger partial charge in [-0.25, -0.2) is 9.78 Å². The molecule has 1 atom stereocenters. The van der Waals surface area contributed by atoms with Gasteiger partial charge < -0.3 is 15.5 Å². The molecule has 0 aromatic carbocycles. The predicted octanol–water partition coefficient (Wildman–Crippen LogP) is 1.86. The highest BCUT2D eigenvalue weighted by atomic mass is 35.5. The highest BCUT2D eigenvalue weighted by Crippen LogP contribution is 2.18. The van der Waals surface area contributed by atoms with Crippen molar-refractivity contribution in [1.29, 1.82) is 0 Å². The van der Waals surface area contributed by atoms with E-state index >= 15 is 0 Å². The van der Waals surface area contributed by atoms with Crippen LogP contribution in [0.25, 0.3) is 0 Å². The van der Waals surface area contributed by atoms with Crippen molar-refractivity contribution in [3.63, 3.8) is 0 Å². The van der Waals surface area contributed by atoms with E-state index in [0.717, 1.165) is 0 Å². The average Bonchev–Trinajstić information content (AvgIpc) is 2.27. The maximum Gasteiger partial charge on any atom is 0.356 e. The van der Waals surface area contributed by atoms with Crippen molar-refractivity contribution in [2.45, 2.75) is 19.9 Å². The Hall–Kier alpha value is -1.33. The van der Waals surface area contributed by atoms with E-state index in [0.29, 0.717) is 5.82 Å². The minimum atomic E-state index is -1.18. The molecule has 1 aromatic rings. The van der Waals surface area contributed by atoms with E-state index in [1.807, 2.05) is 13.8 Å². The van der Waals surface area contributed by atoms with E-state index in [1.54, 1.807) is 6.07 Å². The number of pyridine rings is 1. The average molecular weight is 259 g/mol. The Labute approximate surface area is 104 Å². The van der Waals surface area contributed by atoms with Crippen LogP contribution in [0.5, 0.6) is 0 Å². The van der Waals surface area contributed by atoms with Gasteiger partial charge in [0.25, 0.3) is 0 Å². The molecule has 0 saturated heterocycles. The topological polar surface area (TPSA) is 82.5 Å². The predicted molar refractivity (Wildman–Crippen MR) is 65.5 cm³/mol. The van der Waals surface area contributed by atoms with Crippen LogP contribution in [0.4, 0.5) is 5.82 Å². The minimum Gasteiger partial charge on any atom is -0.476 e. The van der Waals surface area contributed by atoms with Gasteiger partial charge in [-0.2, -0.15) is 0 Å². The van der Waals surface area contributed by atoms with Gasteiger partial charge in [0.1, 0.15) is 5.82 Å². The van der Waals surface area contributed by atoms with Crippen molar-refractivity contribution in [2.75, 3.05) is 11.9 Å². The summed E-state index contributed by atoms with van der Waals surface area (Å²) in [6.07, 6.45) is 0. The van der Waals surface area contributed by atoms with Crippen molar-refractivity contribution >= 4 is 23.4 Å². The molecule has 17 heavy (non-hydrogen) atoms. The maximum atomic E-state index is 10.8. The van der Waals surface area contributed by atoms with E-state index in [-0.39, 0.29) is 29.3 Å². The highest BCUT2D eigenvalue weighted by molar-refractivity contribution is 6.33. The Morgan fingerprint density at radius 2 is 2.18 bits per heavy atom. The molecule has 1 aromatic heterocycles. The molecule has 0 bridgehead atoms. The van der Waals surface area contributed by atoms with Crippen LogP contribution in [0.15, 0.2) is 12.1 Å². The standard InChI is InChI=1S/C11H15ClN2O3/c1-6(2)8(5-15)13-9-4-3-7(12)10(14-9)11(16)17/h3-4,6,8,15H,5H2,1-2H3,(H,13,14)(H,16,17). The minimum absolute atomic E-state index is 0.0512. The van der Waals surface area contributed by atoms with E-state index in [9.17, 15) is 4.79 Å². The zero-order chi connectivity index (χ0) is 13.0. The lowest BCUT2D eigenvalue weighted by Crippen LogP contribution is -2.30. The van der Waals surface area contributed by atoms with Crippen molar-refractivity contribution in [3.05, 3.63) is 22.8 Å². The number of aliphatic hydroxyl groups excluding tert-OH is 1. The zero-order valence-corrected chi connectivity index (χ0v) is 10.4. The Morgan fingerprint density at radius 1 is 1.53 bits per heavy atom. The van der Waals surface area contributed by atoms with Crippen LogP contribution in [-0.4, -0.2) is 33.8 Å². The first-order chi connectivity index (χ1) is 7.95. The van der Waals surface area contributed by atoms with E-state index < -0.39 is 5.97 Å². The van der Waals surface area contributed by atoms with Gasteiger partial charge in [-0.1, -0.05) is 25.4 Å². The largest absolute Gasteiger partial charge is 0.476 e. The van der Waals surface area contributed by atoms with E-state index in [4.69, 9.17) is 21.8 Å². The SMILES string of the molecule is CC(C)C(CO)Nc1ccc(Cl)c(C(=O)O)n1. The lowest BCUT2D eigenvalue weighted by molar-refractivity contribution is 0.0691. The van der Waals surface area contributed by atoms with Gasteiger partial charge in [0, 0.05) is 0 Å². The van der Waals surface area contributed by atoms with Crippen LogP contribution in [0.3, 0.4) is 0 Å². The molecule has 0 amide bonds. The molecule has 94 valence electrons. The number of aromatic nitrogens is 1. The molecular weight excluding hydrogens is 244 g/mol. The summed E-state index contributed by atoms with van der Waals surface area (Å²) in [5.74, 6) is -0.589. The van der Waals surface area contributed by atoms with Gasteiger partial charge in [-0.05, 0) is 18.1 Å². The summed E-state index contributed by atoms with van der Waals surface area (Å²) >= 11 is 5.70. The second kappa shape index (κ2) is 5.84. The number of nitrogens with one attached hydrogen (secondary N) is 1. The van der Waals surface area contributed by atoms with Crippen LogP contribution in [-0.2, 0) is 0 Å². The number of aromatic carboxylic acids is 1. The lowest BCUT2D eigenvalue weighted by Gasteiger charge is -2.20. The van der Waals surface area contributed by atoms with Crippen LogP contribution in [0.2, 0.25) is 5.02 Å². The fraction of sp³-hybridized carbons (Fsp3) is 0.455. The Morgan fingerprint density at radius 3 is 2.65 bits per heavy atom. The third kappa shape index (κ3) is 3.57. The number of hydrogen-bond donors (Lipinski definition) is 3. The van der Waals surface area contributed by atoms with Gasteiger partial charge in [0.05, 0.1) is 17.7 Å². The Balaban J connectivity index is 2.92. The first-order valence-corrected chi connectivity index (χ1v) is 5.60. The summed E-state index contributed by atoms with van der Waals surface area (Å²) in [6.45, 7) is 3.84. The molecule has 6 heteroatoms. The zero-order valence-electron chi connectivity index (χ0n) is 9.64. The molecule has 0 saturated carbocycles. The number of hydrogen-bond acceptors (Lipinski definition) is 4. The normalized spacial score (nSPS) is 12.5. The lowest BCUT2D eigenvalue weighted by atomic mass is 10.1. The van der Waals surface area contributed by atoms with Crippen molar-refractivity contribution < 1.29 is 15.0 Å². The molecule has 0 spiro atoms. The van der Waals surface area contributed by atoms with Gasteiger partial charge in [0.2, 0.25) is 0 Å². The number of carbonyl (C=O) groups is 1. The van der Waals surface area contributed by atoms with Gasteiger partial charge in [-0.15, -0.1) is 0 Å². The third-order valence-electron chi connectivity index (χ3n) is 2.38. The first-order valence-electron chi connectivity index (χ1n) is 5.23. The molecular formula is C11H15ClN2O3. The number of carboxylic acids is 1. The second-order valence-corrected chi connectivity index (χ2v) is 4.42. The molecule has 5 nitrogen and oxygen atoms in total. The fourth-order valence-electron chi connectivity index (χ4n) is 1.29. The molecule has 0 aliphatic rings. The fourth-order valence-corrected chi connectivity index (χ4v) is 1.47. The summed E-state index contributed by atoms with van der Waals surface area (Å²) in [5, 5.41) is 21.1. The summed E-state index contributed by atoms with van der Waals surface area (Å²) in [7, 11) is 0. The number of rotatable bonds is 5. The van der Waals surface area contributed by atoms with Gasteiger partial charge >= 0.3 is 5.97 Å². The van der Waals surface area contributed by atoms with E-state index in [2.05, 4.69) is 10.3 Å². The van der Waals surface area contributed by atoms with Crippen LogP contribution >= 0.6 is 11.6 Å². The quantitative estimate of drug-likeness (QED) is 0.751. The first kappa shape index (κ1) is 13.7. The molecule has 1 heterocycles. The number of aliphatic hydroxyl groups is 1. The molecule has 0 fully saturated rings. The molecule has 0 aliphatic carbocycles. The summed E-state index contributed by atoms with van der Waals surface area (Å²) in [6, 6.07) is 2.87. The Kier molecular flexibility index (Phi) is 4.72. The van der Waals surface area contributed by atoms with Crippen molar-refractivity contribution in [1.82, 2.24) is 4.98 Å². The number of carboxylic acid groups (broad SMARTS) is 1. The molecule has 1 rings (SSSR count). The molecule has 3 N–H and O–H groups in total. The van der Waals surface area contributed by atoms with Crippen LogP contribution in [0.1, 0.15) is 24.3 Å². The van der Waals surface area contributed by atoms with Crippen LogP contribution in [0, 0.1) is 5.92 Å². The molecule has 0 radical (unpaired) electrons. The highest BCUT2D eigenvalue weighted by Gasteiger charge is 2.15. The third-order valence-corrected chi connectivity index (χ3v) is 2.69. The number of anilines is 1. The van der Waals surface area contributed by atoms with Gasteiger partial charge in [-0.3, -0.25) is 0 Å². The monoisotopic (exact) mass is 258 g/mol. The molecule has 1 unspecified atom stereocenters. The summed E-state index contributed by atoms with van der Waals surface area (Å²) in [5.41, 5.74) is -0.197. The summed E-state index contributed by atoms with van der Waals surface area (Å²) in [4.78, 5) is 14.7. The van der Waals surface area contributed by atoms with Crippen molar-refractivity contribution in [2.24, 2.45) is 5.92 Å². The number of halogens is 1. The maximum absolute atomic E-state index is 10.8. The van der Waals surface area contributed by atoms with E-state index in [1.165, 1.54) is 6.07 Å².